The van der Waals surface area contributed by atoms with Crippen molar-refractivity contribution in [1.82, 2.24) is 0 Å². The van der Waals surface area contributed by atoms with Gasteiger partial charge in [-0.3, -0.25) is 14.4 Å². The van der Waals surface area contributed by atoms with Crippen LogP contribution >= 0.6 is 0 Å². The van der Waals surface area contributed by atoms with Gasteiger partial charge in [0.05, 0.1) is 0 Å². The summed E-state index contributed by atoms with van der Waals surface area (Å²) in [6, 6.07) is 0. The Morgan fingerprint density at radius 2 is 0.524 bits per heavy atom. The van der Waals surface area contributed by atoms with Crippen molar-refractivity contribution >= 4 is 17.9 Å². The number of ether oxygens (including phenoxy) is 3. The Morgan fingerprint density at radius 1 is 0.302 bits per heavy atom. The Kier molecular flexibility index (Phi) is 48.6. The van der Waals surface area contributed by atoms with E-state index >= 15 is 0 Å². The van der Waals surface area contributed by atoms with Crippen molar-refractivity contribution in [2.75, 3.05) is 13.2 Å². The topological polar surface area (TPSA) is 78.9 Å². The molecule has 0 unspecified atom stereocenters. The van der Waals surface area contributed by atoms with Crippen LogP contribution in [-0.2, 0) is 28.6 Å². The number of hydrogen-bond donors (Lipinski definition) is 0. The average Bonchev–Trinajstić information content (AvgIpc) is 3.25. The fraction of sp³-hybridized carbons (Fsp3) is 0.947. The van der Waals surface area contributed by atoms with Crippen LogP contribution in [0.2, 0.25) is 0 Å². The Hall–Kier alpha value is -1.59. The van der Waals surface area contributed by atoms with Gasteiger partial charge in [-0.15, -0.1) is 0 Å². The first kappa shape index (κ1) is 61.4. The van der Waals surface area contributed by atoms with Gasteiger partial charge in [0.15, 0.2) is 6.10 Å². The van der Waals surface area contributed by atoms with Crippen molar-refractivity contribution < 1.29 is 28.6 Å². The van der Waals surface area contributed by atoms with E-state index in [9.17, 15) is 14.4 Å². The molecule has 0 aromatic heterocycles. The maximum absolute atomic E-state index is 12.8. The third kappa shape index (κ3) is 51.3. The van der Waals surface area contributed by atoms with Crippen molar-refractivity contribution in [3.63, 3.8) is 0 Å². The number of esters is 3. The lowest BCUT2D eigenvalue weighted by Crippen LogP contribution is -2.30. The highest BCUT2D eigenvalue weighted by molar-refractivity contribution is 5.71. The Balaban J connectivity index is 4.29. The van der Waals surface area contributed by atoms with Crippen molar-refractivity contribution in [1.29, 1.82) is 0 Å². The molecule has 6 heteroatoms. The van der Waals surface area contributed by atoms with Gasteiger partial charge < -0.3 is 14.2 Å². The molecule has 0 saturated carbocycles. The maximum Gasteiger partial charge on any atom is 0.306 e. The van der Waals surface area contributed by atoms with Gasteiger partial charge in [-0.25, -0.2) is 0 Å². The summed E-state index contributed by atoms with van der Waals surface area (Å²) in [4.78, 5) is 38.1. The lowest BCUT2D eigenvalue weighted by Gasteiger charge is -2.18. The molecule has 0 aromatic rings. The zero-order valence-corrected chi connectivity index (χ0v) is 43.2. The van der Waals surface area contributed by atoms with E-state index in [1.807, 2.05) is 0 Å². The molecule has 1 atom stereocenters. The van der Waals surface area contributed by atoms with Gasteiger partial charge in [0.25, 0.3) is 0 Å². The highest BCUT2D eigenvalue weighted by atomic mass is 16.6. The molecule has 6 nitrogen and oxygen atoms in total. The second kappa shape index (κ2) is 49.8. The van der Waals surface area contributed by atoms with Crippen molar-refractivity contribution in [3.05, 3.63) is 0 Å². The molecule has 0 aliphatic heterocycles. The molecule has 0 spiro atoms. The summed E-state index contributed by atoms with van der Waals surface area (Å²) in [6.45, 7) is 11.4. The monoisotopic (exact) mass is 891 g/mol. The van der Waals surface area contributed by atoms with E-state index in [1.165, 1.54) is 205 Å². The van der Waals surface area contributed by atoms with Gasteiger partial charge in [-0.2, -0.15) is 0 Å². The van der Waals surface area contributed by atoms with Crippen LogP contribution in [0.15, 0.2) is 0 Å². The Morgan fingerprint density at radius 3 is 0.778 bits per heavy atom. The Bertz CT molecular complexity index is 962. The molecule has 0 bridgehead atoms. The molecule has 0 rings (SSSR count). The van der Waals surface area contributed by atoms with Crippen molar-refractivity contribution in [2.45, 2.75) is 323 Å². The second-order valence-corrected chi connectivity index (χ2v) is 20.5. The molecule has 374 valence electrons. The molecule has 0 heterocycles. The van der Waals surface area contributed by atoms with Gasteiger partial charge in [-0.1, -0.05) is 279 Å². The number of carbonyl (C=O) groups is 3. The molecular formula is C57H110O6. The molecule has 0 amide bonds. The van der Waals surface area contributed by atoms with Crippen LogP contribution < -0.4 is 0 Å². The van der Waals surface area contributed by atoms with Gasteiger partial charge in [0.2, 0.25) is 0 Å². The SMILES string of the molecule is CCCCCCCCCCCCCCCCCCCCC(=O)O[C@H](COC(=O)CCCCCCCCCCCCCC(C)C)COC(=O)CCCCCCCCCCCCC(C)C. The van der Waals surface area contributed by atoms with Crippen molar-refractivity contribution in [3.8, 4) is 0 Å². The lowest BCUT2D eigenvalue weighted by atomic mass is 10.0. The fourth-order valence-electron chi connectivity index (χ4n) is 8.70. The van der Waals surface area contributed by atoms with Crippen LogP contribution in [0.4, 0.5) is 0 Å². The van der Waals surface area contributed by atoms with Gasteiger partial charge >= 0.3 is 17.9 Å². The number of rotatable bonds is 51. The number of carbonyl (C=O) groups excluding carboxylic acids is 3. The fourth-order valence-corrected chi connectivity index (χ4v) is 8.70. The molecule has 0 fully saturated rings. The summed E-state index contributed by atoms with van der Waals surface area (Å²) in [5, 5.41) is 0. The van der Waals surface area contributed by atoms with E-state index in [4.69, 9.17) is 14.2 Å². The predicted molar refractivity (Wildman–Crippen MR) is 270 cm³/mol. The van der Waals surface area contributed by atoms with Crippen LogP contribution in [0.1, 0.15) is 317 Å². The normalized spacial score (nSPS) is 12.0. The third-order valence-corrected chi connectivity index (χ3v) is 13.0. The Labute approximate surface area is 393 Å². The largest absolute Gasteiger partial charge is 0.462 e. The molecule has 0 radical (unpaired) electrons. The van der Waals surface area contributed by atoms with Crippen LogP contribution in [0.3, 0.4) is 0 Å². The molecule has 0 aliphatic carbocycles. The molecule has 0 aliphatic rings. The van der Waals surface area contributed by atoms with Crippen LogP contribution in [0.25, 0.3) is 0 Å². The number of hydrogen-bond acceptors (Lipinski definition) is 6. The zero-order chi connectivity index (χ0) is 46.1. The molecule has 0 aromatic carbocycles. The van der Waals surface area contributed by atoms with Crippen molar-refractivity contribution in [2.24, 2.45) is 11.8 Å². The van der Waals surface area contributed by atoms with E-state index in [2.05, 4.69) is 34.6 Å². The summed E-state index contributed by atoms with van der Waals surface area (Å²) in [6.07, 6.45) is 52.4. The first-order valence-corrected chi connectivity index (χ1v) is 28.2. The molecule has 0 saturated heterocycles. The average molecular weight is 892 g/mol. The lowest BCUT2D eigenvalue weighted by molar-refractivity contribution is -0.167. The molecule has 63 heavy (non-hydrogen) atoms. The standard InChI is InChI=1S/C57H110O6/c1-6-7-8-9-10-11-12-13-14-15-16-17-18-21-29-34-39-44-49-57(60)63-54(51-62-56(59)48-43-38-33-28-24-23-26-31-36-41-46-53(4)5)50-61-55(58)47-42-37-32-27-22-19-20-25-30-35-40-45-52(2)3/h52-54H,6-51H2,1-5H3/t54-/m1/s1. The highest BCUT2D eigenvalue weighted by Crippen LogP contribution is 2.18. The van der Waals surface area contributed by atoms with E-state index in [-0.39, 0.29) is 31.1 Å². The third-order valence-electron chi connectivity index (χ3n) is 13.0. The van der Waals surface area contributed by atoms with E-state index in [1.54, 1.807) is 0 Å². The summed E-state index contributed by atoms with van der Waals surface area (Å²) < 4.78 is 16.9. The van der Waals surface area contributed by atoms with E-state index < -0.39 is 6.10 Å². The van der Waals surface area contributed by atoms with Crippen LogP contribution in [-0.4, -0.2) is 37.2 Å². The molecule has 0 N–H and O–H groups in total. The van der Waals surface area contributed by atoms with Gasteiger partial charge in [0.1, 0.15) is 13.2 Å². The highest BCUT2D eigenvalue weighted by Gasteiger charge is 2.19. The second-order valence-electron chi connectivity index (χ2n) is 20.5. The van der Waals surface area contributed by atoms with Gasteiger partial charge in [-0.05, 0) is 31.1 Å². The summed E-state index contributed by atoms with van der Waals surface area (Å²) >= 11 is 0. The summed E-state index contributed by atoms with van der Waals surface area (Å²) in [7, 11) is 0. The molecular weight excluding hydrogens is 781 g/mol. The minimum absolute atomic E-state index is 0.0633. The quantitative estimate of drug-likeness (QED) is 0.0344. The summed E-state index contributed by atoms with van der Waals surface area (Å²) in [5.41, 5.74) is 0. The van der Waals surface area contributed by atoms with E-state index in [0.29, 0.717) is 19.3 Å². The minimum Gasteiger partial charge on any atom is -0.462 e. The van der Waals surface area contributed by atoms with E-state index in [0.717, 1.165) is 69.6 Å². The van der Waals surface area contributed by atoms with Crippen LogP contribution in [0, 0.1) is 11.8 Å². The smallest absolute Gasteiger partial charge is 0.306 e. The number of unbranched alkanes of at least 4 members (excludes halogenated alkanes) is 36. The van der Waals surface area contributed by atoms with Gasteiger partial charge in [0, 0.05) is 19.3 Å². The zero-order valence-electron chi connectivity index (χ0n) is 43.2. The minimum atomic E-state index is -0.762. The maximum atomic E-state index is 12.8. The van der Waals surface area contributed by atoms with Crippen LogP contribution in [0.5, 0.6) is 0 Å². The predicted octanol–water partition coefficient (Wildman–Crippen LogP) is 18.5. The first-order valence-electron chi connectivity index (χ1n) is 28.2. The first-order chi connectivity index (χ1) is 30.7. The summed E-state index contributed by atoms with van der Waals surface area (Å²) in [5.74, 6) is 0.803.